The van der Waals surface area contributed by atoms with E-state index < -0.39 is 15.4 Å². The fourth-order valence-corrected chi connectivity index (χ4v) is 5.26. The quantitative estimate of drug-likeness (QED) is 0.761. The molecule has 6 heteroatoms. The van der Waals surface area contributed by atoms with Crippen LogP contribution in [0.3, 0.4) is 0 Å². The number of sulfone groups is 1. The van der Waals surface area contributed by atoms with Crippen LogP contribution < -0.4 is 11.1 Å². The highest BCUT2D eigenvalue weighted by atomic mass is 32.2. The molecule has 2 rings (SSSR count). The van der Waals surface area contributed by atoms with Crippen molar-refractivity contribution >= 4 is 15.7 Å². The van der Waals surface area contributed by atoms with Gasteiger partial charge in [0.05, 0.1) is 17.0 Å². The first kappa shape index (κ1) is 13.8. The zero-order valence-electron chi connectivity index (χ0n) is 10.8. The Balaban J connectivity index is 1.99. The minimum absolute atomic E-state index is 0.0115. The molecule has 1 saturated heterocycles. The van der Waals surface area contributed by atoms with E-state index in [0.717, 1.165) is 19.3 Å². The van der Waals surface area contributed by atoms with Gasteiger partial charge in [-0.3, -0.25) is 4.79 Å². The summed E-state index contributed by atoms with van der Waals surface area (Å²) in [5.41, 5.74) is 5.08. The average molecular weight is 274 g/mol. The first-order valence-corrected chi connectivity index (χ1v) is 8.40. The summed E-state index contributed by atoms with van der Waals surface area (Å²) in [5, 5.41) is 2.94. The Kier molecular flexibility index (Phi) is 3.69. The topological polar surface area (TPSA) is 89.3 Å². The molecule has 1 aliphatic carbocycles. The minimum atomic E-state index is -2.98. The lowest BCUT2D eigenvalue weighted by molar-refractivity contribution is -0.127. The molecule has 1 saturated carbocycles. The lowest BCUT2D eigenvalue weighted by atomic mass is 9.93. The second kappa shape index (κ2) is 4.81. The summed E-state index contributed by atoms with van der Waals surface area (Å²) in [7, 11) is -2.98. The third kappa shape index (κ3) is 2.85. The number of carbonyl (C=O) groups is 1. The Labute approximate surface area is 108 Å². The van der Waals surface area contributed by atoms with Crippen molar-refractivity contribution in [1.82, 2.24) is 5.32 Å². The molecule has 1 unspecified atom stereocenters. The summed E-state index contributed by atoms with van der Waals surface area (Å²) in [6.07, 6.45) is 3.43. The van der Waals surface area contributed by atoms with Crippen molar-refractivity contribution < 1.29 is 13.2 Å². The summed E-state index contributed by atoms with van der Waals surface area (Å²) < 4.78 is 23.0. The normalized spacial score (nSPS) is 38.8. The van der Waals surface area contributed by atoms with E-state index in [1.54, 1.807) is 0 Å². The summed E-state index contributed by atoms with van der Waals surface area (Å²) in [6, 6.07) is 0. The van der Waals surface area contributed by atoms with Gasteiger partial charge in [0.15, 0.2) is 9.84 Å². The second-order valence-corrected chi connectivity index (χ2v) is 8.11. The molecule has 18 heavy (non-hydrogen) atoms. The summed E-state index contributed by atoms with van der Waals surface area (Å²) >= 11 is 0. The molecule has 0 aromatic rings. The highest BCUT2D eigenvalue weighted by Crippen LogP contribution is 2.32. The molecule has 0 radical (unpaired) electrons. The van der Waals surface area contributed by atoms with Gasteiger partial charge in [0.25, 0.3) is 0 Å². The maximum Gasteiger partial charge on any atom is 0.223 e. The van der Waals surface area contributed by atoms with E-state index in [-0.39, 0.29) is 29.2 Å². The van der Waals surface area contributed by atoms with Gasteiger partial charge in [-0.25, -0.2) is 8.42 Å². The van der Waals surface area contributed by atoms with E-state index in [1.165, 1.54) is 0 Å². The number of nitrogens with one attached hydrogen (secondary N) is 1. The smallest absolute Gasteiger partial charge is 0.223 e. The van der Waals surface area contributed by atoms with Crippen LogP contribution >= 0.6 is 0 Å². The molecule has 1 amide bonds. The molecular weight excluding hydrogens is 252 g/mol. The van der Waals surface area contributed by atoms with Crippen molar-refractivity contribution in [2.24, 2.45) is 17.6 Å². The molecule has 0 aromatic heterocycles. The number of hydrogen-bond donors (Lipinski definition) is 2. The van der Waals surface area contributed by atoms with Crippen LogP contribution in [0, 0.1) is 11.8 Å². The Bertz CT molecular complexity index is 435. The van der Waals surface area contributed by atoms with E-state index >= 15 is 0 Å². The Morgan fingerprint density at radius 3 is 2.72 bits per heavy atom. The maximum absolute atomic E-state index is 12.2. The van der Waals surface area contributed by atoms with Crippen LogP contribution in [0.4, 0.5) is 0 Å². The van der Waals surface area contributed by atoms with Crippen LogP contribution in [0.15, 0.2) is 0 Å². The van der Waals surface area contributed by atoms with Crippen LogP contribution in [0.25, 0.3) is 0 Å². The van der Waals surface area contributed by atoms with E-state index in [9.17, 15) is 13.2 Å². The van der Waals surface area contributed by atoms with E-state index in [0.29, 0.717) is 13.0 Å². The average Bonchev–Trinajstić information content (AvgIpc) is 2.82. The van der Waals surface area contributed by atoms with Crippen molar-refractivity contribution in [3.05, 3.63) is 0 Å². The zero-order valence-corrected chi connectivity index (χ0v) is 11.6. The van der Waals surface area contributed by atoms with Gasteiger partial charge in [-0.2, -0.15) is 0 Å². The molecule has 2 aliphatic rings. The Morgan fingerprint density at radius 1 is 1.44 bits per heavy atom. The molecular formula is C12H22N2O3S. The van der Waals surface area contributed by atoms with Gasteiger partial charge >= 0.3 is 0 Å². The van der Waals surface area contributed by atoms with Crippen molar-refractivity contribution in [2.45, 2.75) is 38.1 Å². The monoisotopic (exact) mass is 274 g/mol. The standard InChI is InChI=1S/C12H22N2O3S/c1-12(5-6-18(16,17)8-12)14-11(15)10-4-2-3-9(10)7-13/h9-10H,2-8,13H2,1H3,(H,14,15)/t9-,10-,12?/m1/s1. The third-order valence-electron chi connectivity index (χ3n) is 4.23. The summed E-state index contributed by atoms with van der Waals surface area (Å²) in [4.78, 5) is 12.2. The lowest BCUT2D eigenvalue weighted by Gasteiger charge is -2.27. The van der Waals surface area contributed by atoms with Crippen LogP contribution in [-0.4, -0.2) is 37.9 Å². The van der Waals surface area contributed by atoms with Crippen LogP contribution in [-0.2, 0) is 14.6 Å². The van der Waals surface area contributed by atoms with Gasteiger partial charge in [0.1, 0.15) is 0 Å². The van der Waals surface area contributed by atoms with Crippen molar-refractivity contribution in [1.29, 1.82) is 0 Å². The number of hydrogen-bond acceptors (Lipinski definition) is 4. The SMILES string of the molecule is CC1(NC(=O)[C@@H]2CCC[C@@H]2CN)CCS(=O)(=O)C1. The molecule has 0 bridgehead atoms. The third-order valence-corrected chi connectivity index (χ3v) is 6.13. The maximum atomic E-state index is 12.2. The molecule has 5 nitrogen and oxygen atoms in total. The Hall–Kier alpha value is -0.620. The largest absolute Gasteiger partial charge is 0.350 e. The van der Waals surface area contributed by atoms with Crippen molar-refractivity contribution in [2.75, 3.05) is 18.1 Å². The molecule has 0 spiro atoms. The number of amides is 1. The first-order valence-electron chi connectivity index (χ1n) is 6.58. The van der Waals surface area contributed by atoms with E-state index in [4.69, 9.17) is 5.73 Å². The van der Waals surface area contributed by atoms with Gasteiger partial charge < -0.3 is 11.1 Å². The fraction of sp³-hybridized carbons (Fsp3) is 0.917. The highest BCUT2D eigenvalue weighted by Gasteiger charge is 2.42. The number of nitrogens with two attached hydrogens (primary N) is 1. The van der Waals surface area contributed by atoms with Gasteiger partial charge in [-0.15, -0.1) is 0 Å². The van der Waals surface area contributed by atoms with Gasteiger partial charge in [-0.05, 0) is 38.6 Å². The van der Waals surface area contributed by atoms with Gasteiger partial charge in [0, 0.05) is 5.92 Å². The molecule has 3 atom stereocenters. The number of carbonyl (C=O) groups excluding carboxylic acids is 1. The Morgan fingerprint density at radius 2 is 2.17 bits per heavy atom. The molecule has 3 N–H and O–H groups in total. The molecule has 2 fully saturated rings. The van der Waals surface area contributed by atoms with Crippen LogP contribution in [0.5, 0.6) is 0 Å². The first-order chi connectivity index (χ1) is 8.35. The summed E-state index contributed by atoms with van der Waals surface area (Å²) in [6.45, 7) is 2.36. The second-order valence-electron chi connectivity index (χ2n) is 5.93. The lowest BCUT2D eigenvalue weighted by Crippen LogP contribution is -2.50. The highest BCUT2D eigenvalue weighted by molar-refractivity contribution is 7.91. The van der Waals surface area contributed by atoms with Gasteiger partial charge in [-0.1, -0.05) is 6.42 Å². The molecule has 1 heterocycles. The zero-order chi connectivity index (χ0) is 13.4. The van der Waals surface area contributed by atoms with Crippen LogP contribution in [0.2, 0.25) is 0 Å². The van der Waals surface area contributed by atoms with Crippen molar-refractivity contribution in [3.8, 4) is 0 Å². The van der Waals surface area contributed by atoms with Crippen LogP contribution in [0.1, 0.15) is 32.6 Å². The molecule has 1 aliphatic heterocycles. The number of rotatable bonds is 3. The van der Waals surface area contributed by atoms with E-state index in [1.807, 2.05) is 6.92 Å². The fourth-order valence-electron chi connectivity index (χ4n) is 3.16. The molecule has 0 aromatic carbocycles. The predicted octanol–water partition coefficient (Wildman–Crippen LogP) is 0.0548. The predicted molar refractivity (Wildman–Crippen MR) is 69.7 cm³/mol. The minimum Gasteiger partial charge on any atom is -0.350 e. The van der Waals surface area contributed by atoms with Crippen molar-refractivity contribution in [3.63, 3.8) is 0 Å². The van der Waals surface area contributed by atoms with Gasteiger partial charge in [0.2, 0.25) is 5.91 Å². The summed E-state index contributed by atoms with van der Waals surface area (Å²) in [5.74, 6) is 0.449. The molecule has 104 valence electrons. The van der Waals surface area contributed by atoms with E-state index in [2.05, 4.69) is 5.32 Å².